The van der Waals surface area contributed by atoms with E-state index in [-0.39, 0.29) is 6.03 Å². The van der Waals surface area contributed by atoms with Crippen LogP contribution in [-0.4, -0.2) is 42.5 Å². The number of rotatable bonds is 1. The Bertz CT molecular complexity index is 153. The molecule has 12 heavy (non-hydrogen) atoms. The average molecular weight is 170 g/mol. The lowest BCUT2D eigenvalue weighted by Crippen LogP contribution is -2.43. The number of likely N-dealkylation sites (tertiary alicyclic amines) is 1. The molecule has 0 saturated carbocycles. The molecule has 2 amide bonds. The highest BCUT2D eigenvalue weighted by atomic mass is 16.2. The van der Waals surface area contributed by atoms with E-state index in [1.54, 1.807) is 4.90 Å². The van der Waals surface area contributed by atoms with Gasteiger partial charge in [-0.25, -0.2) is 4.79 Å². The van der Waals surface area contributed by atoms with Gasteiger partial charge in [0.05, 0.1) is 0 Å². The van der Waals surface area contributed by atoms with Crippen molar-refractivity contribution in [2.75, 3.05) is 26.7 Å². The molecule has 3 heteroatoms. The van der Waals surface area contributed by atoms with Crippen LogP contribution in [0.25, 0.3) is 0 Å². The quantitative estimate of drug-likeness (QED) is 0.585. The number of carbonyl (C=O) groups excluding carboxylic acids is 1. The number of amides is 2. The lowest BCUT2D eigenvalue weighted by atomic mass is 10.1. The van der Waals surface area contributed by atoms with Crippen molar-refractivity contribution in [3.63, 3.8) is 0 Å². The third-order valence-corrected chi connectivity index (χ3v) is 2.43. The molecule has 1 fully saturated rings. The van der Waals surface area contributed by atoms with Crippen LogP contribution in [-0.2, 0) is 0 Å². The highest BCUT2D eigenvalue weighted by Crippen LogP contribution is 2.10. The van der Waals surface area contributed by atoms with Crippen LogP contribution in [0.5, 0.6) is 0 Å². The SMILES string of the molecule is CCN(C)C(=O)N1CCCCC1. The maximum atomic E-state index is 11.6. The molecule has 0 spiro atoms. The minimum absolute atomic E-state index is 0.192. The molecule has 0 radical (unpaired) electrons. The molecule has 0 N–H and O–H groups in total. The van der Waals surface area contributed by atoms with Gasteiger partial charge in [-0.3, -0.25) is 0 Å². The number of hydrogen-bond acceptors (Lipinski definition) is 1. The standard InChI is InChI=1S/C9H18N2O/c1-3-10(2)9(12)11-7-5-4-6-8-11/h3-8H2,1-2H3. The van der Waals surface area contributed by atoms with Gasteiger partial charge in [-0.2, -0.15) is 0 Å². The first-order chi connectivity index (χ1) is 5.75. The molecule has 0 bridgehead atoms. The van der Waals surface area contributed by atoms with E-state index in [1.807, 2.05) is 18.9 Å². The highest BCUT2D eigenvalue weighted by Gasteiger charge is 2.18. The van der Waals surface area contributed by atoms with Gasteiger partial charge in [-0.05, 0) is 26.2 Å². The van der Waals surface area contributed by atoms with E-state index >= 15 is 0 Å². The van der Waals surface area contributed by atoms with Crippen LogP contribution in [0.4, 0.5) is 4.79 Å². The molecule has 0 atom stereocenters. The van der Waals surface area contributed by atoms with Crippen molar-refractivity contribution in [3.05, 3.63) is 0 Å². The summed E-state index contributed by atoms with van der Waals surface area (Å²) in [6.07, 6.45) is 3.62. The summed E-state index contributed by atoms with van der Waals surface area (Å²) < 4.78 is 0. The van der Waals surface area contributed by atoms with Gasteiger partial charge in [-0.15, -0.1) is 0 Å². The van der Waals surface area contributed by atoms with Gasteiger partial charge in [0.1, 0.15) is 0 Å². The fraction of sp³-hybridized carbons (Fsp3) is 0.889. The van der Waals surface area contributed by atoms with E-state index in [4.69, 9.17) is 0 Å². The van der Waals surface area contributed by atoms with Crippen LogP contribution >= 0.6 is 0 Å². The minimum Gasteiger partial charge on any atom is -0.328 e. The number of nitrogens with zero attached hydrogens (tertiary/aromatic N) is 2. The summed E-state index contributed by atoms with van der Waals surface area (Å²) in [5.41, 5.74) is 0. The average Bonchev–Trinajstić information content (AvgIpc) is 2.17. The van der Waals surface area contributed by atoms with Crippen molar-refractivity contribution in [3.8, 4) is 0 Å². The number of piperidine rings is 1. The Morgan fingerprint density at radius 3 is 2.42 bits per heavy atom. The number of carbonyl (C=O) groups is 1. The van der Waals surface area contributed by atoms with Crippen molar-refractivity contribution in [2.45, 2.75) is 26.2 Å². The van der Waals surface area contributed by atoms with E-state index in [0.717, 1.165) is 19.6 Å². The zero-order valence-corrected chi connectivity index (χ0v) is 8.05. The fourth-order valence-corrected chi connectivity index (χ4v) is 1.46. The second kappa shape index (κ2) is 4.33. The van der Waals surface area contributed by atoms with Crippen molar-refractivity contribution >= 4 is 6.03 Å². The summed E-state index contributed by atoms with van der Waals surface area (Å²) in [5.74, 6) is 0. The Kier molecular flexibility index (Phi) is 3.38. The molecule has 0 aromatic heterocycles. The predicted octanol–water partition coefficient (Wildman–Crippen LogP) is 1.54. The normalized spacial score (nSPS) is 17.7. The topological polar surface area (TPSA) is 23.6 Å². The van der Waals surface area contributed by atoms with Gasteiger partial charge in [0, 0.05) is 26.7 Å². The second-order valence-corrected chi connectivity index (χ2v) is 3.34. The molecular weight excluding hydrogens is 152 g/mol. The minimum atomic E-state index is 0.192. The van der Waals surface area contributed by atoms with Crippen LogP contribution in [0.15, 0.2) is 0 Å². The molecule has 1 heterocycles. The van der Waals surface area contributed by atoms with Crippen LogP contribution in [0.1, 0.15) is 26.2 Å². The van der Waals surface area contributed by atoms with Gasteiger partial charge in [-0.1, -0.05) is 0 Å². The summed E-state index contributed by atoms with van der Waals surface area (Å²) in [5, 5.41) is 0. The molecule has 0 aromatic rings. The molecule has 1 rings (SSSR count). The second-order valence-electron chi connectivity index (χ2n) is 3.34. The molecule has 1 saturated heterocycles. The monoisotopic (exact) mass is 170 g/mol. The molecule has 1 aliphatic rings. The molecule has 0 aromatic carbocycles. The van der Waals surface area contributed by atoms with E-state index in [9.17, 15) is 4.79 Å². The fourth-order valence-electron chi connectivity index (χ4n) is 1.46. The van der Waals surface area contributed by atoms with Gasteiger partial charge in [0.2, 0.25) is 0 Å². The van der Waals surface area contributed by atoms with Gasteiger partial charge >= 0.3 is 6.03 Å². The molecular formula is C9H18N2O. The highest BCUT2D eigenvalue weighted by molar-refractivity contribution is 5.74. The lowest BCUT2D eigenvalue weighted by Gasteiger charge is -2.30. The first kappa shape index (κ1) is 9.36. The van der Waals surface area contributed by atoms with Crippen molar-refractivity contribution in [2.24, 2.45) is 0 Å². The van der Waals surface area contributed by atoms with E-state index in [2.05, 4.69) is 0 Å². The molecule has 70 valence electrons. The Balaban J connectivity index is 2.39. The molecule has 0 aliphatic carbocycles. The molecule has 0 unspecified atom stereocenters. The van der Waals surface area contributed by atoms with Gasteiger partial charge < -0.3 is 9.80 Å². The van der Waals surface area contributed by atoms with Gasteiger partial charge in [0.15, 0.2) is 0 Å². The lowest BCUT2D eigenvalue weighted by molar-refractivity contribution is 0.155. The van der Waals surface area contributed by atoms with Crippen LogP contribution < -0.4 is 0 Å². The maximum Gasteiger partial charge on any atom is 0.319 e. The largest absolute Gasteiger partial charge is 0.328 e. The Morgan fingerprint density at radius 2 is 1.92 bits per heavy atom. The summed E-state index contributed by atoms with van der Waals surface area (Å²) in [4.78, 5) is 15.3. The Morgan fingerprint density at radius 1 is 1.33 bits per heavy atom. The van der Waals surface area contributed by atoms with Crippen LogP contribution in [0, 0.1) is 0 Å². The molecule has 3 nitrogen and oxygen atoms in total. The van der Waals surface area contributed by atoms with Crippen LogP contribution in [0.2, 0.25) is 0 Å². The van der Waals surface area contributed by atoms with Crippen LogP contribution in [0.3, 0.4) is 0 Å². The summed E-state index contributed by atoms with van der Waals surface area (Å²) in [7, 11) is 1.86. The zero-order valence-electron chi connectivity index (χ0n) is 8.05. The number of urea groups is 1. The van der Waals surface area contributed by atoms with Crippen molar-refractivity contribution in [1.29, 1.82) is 0 Å². The van der Waals surface area contributed by atoms with Crippen molar-refractivity contribution in [1.82, 2.24) is 9.80 Å². The molecule has 1 aliphatic heterocycles. The van der Waals surface area contributed by atoms with E-state index in [0.29, 0.717) is 0 Å². The number of hydrogen-bond donors (Lipinski definition) is 0. The Hall–Kier alpha value is -0.730. The third kappa shape index (κ3) is 2.13. The Labute approximate surface area is 74.3 Å². The van der Waals surface area contributed by atoms with E-state index < -0.39 is 0 Å². The van der Waals surface area contributed by atoms with Crippen molar-refractivity contribution < 1.29 is 4.79 Å². The summed E-state index contributed by atoms with van der Waals surface area (Å²) >= 11 is 0. The van der Waals surface area contributed by atoms with Gasteiger partial charge in [0.25, 0.3) is 0 Å². The summed E-state index contributed by atoms with van der Waals surface area (Å²) in [6, 6.07) is 0.192. The maximum absolute atomic E-state index is 11.6. The first-order valence-corrected chi connectivity index (χ1v) is 4.75. The smallest absolute Gasteiger partial charge is 0.319 e. The third-order valence-electron chi connectivity index (χ3n) is 2.43. The van der Waals surface area contributed by atoms with E-state index in [1.165, 1.54) is 19.3 Å². The predicted molar refractivity (Wildman–Crippen MR) is 49.1 cm³/mol. The summed E-state index contributed by atoms with van der Waals surface area (Å²) in [6.45, 7) is 4.70. The first-order valence-electron chi connectivity index (χ1n) is 4.75. The zero-order chi connectivity index (χ0) is 8.97.